The van der Waals surface area contributed by atoms with Crippen molar-refractivity contribution in [3.63, 3.8) is 0 Å². The van der Waals surface area contributed by atoms with E-state index in [0.29, 0.717) is 5.92 Å². The van der Waals surface area contributed by atoms with E-state index in [1.54, 1.807) is 11.3 Å². The lowest BCUT2D eigenvalue weighted by Crippen LogP contribution is -2.44. The van der Waals surface area contributed by atoms with Gasteiger partial charge in [-0.15, -0.1) is 0 Å². The van der Waals surface area contributed by atoms with Crippen LogP contribution in [0.4, 0.5) is 0 Å². The molecule has 1 aliphatic rings. The zero-order chi connectivity index (χ0) is 9.31. The monoisotopic (exact) mass is 195 g/mol. The lowest BCUT2D eigenvalue weighted by Gasteiger charge is -2.39. The van der Waals surface area contributed by atoms with E-state index in [-0.39, 0.29) is 5.54 Å². The summed E-state index contributed by atoms with van der Waals surface area (Å²) in [5.74, 6) is 0.635. The van der Waals surface area contributed by atoms with E-state index in [0.717, 1.165) is 6.42 Å². The molecule has 1 aromatic heterocycles. The van der Waals surface area contributed by atoms with Crippen molar-refractivity contribution in [2.24, 2.45) is 11.7 Å². The molecule has 2 rings (SSSR count). The van der Waals surface area contributed by atoms with Crippen molar-refractivity contribution in [2.75, 3.05) is 0 Å². The van der Waals surface area contributed by atoms with Gasteiger partial charge in [0.25, 0.3) is 0 Å². The predicted molar refractivity (Wildman–Crippen MR) is 57.8 cm³/mol. The van der Waals surface area contributed by atoms with Crippen LogP contribution in [0.25, 0.3) is 0 Å². The zero-order valence-electron chi connectivity index (χ0n) is 8.12. The molecular formula is C11H17NS. The molecule has 2 heteroatoms. The van der Waals surface area contributed by atoms with Crippen LogP contribution in [0.5, 0.6) is 0 Å². The van der Waals surface area contributed by atoms with Gasteiger partial charge in [-0.1, -0.05) is 19.8 Å². The highest BCUT2D eigenvalue weighted by Gasteiger charge is 2.35. The summed E-state index contributed by atoms with van der Waals surface area (Å²) in [5, 5.41) is 4.34. The van der Waals surface area contributed by atoms with Gasteiger partial charge in [0.05, 0.1) is 0 Å². The Kier molecular flexibility index (Phi) is 2.43. The minimum absolute atomic E-state index is 0.0295. The van der Waals surface area contributed by atoms with Crippen molar-refractivity contribution in [3.8, 4) is 0 Å². The first-order valence-electron chi connectivity index (χ1n) is 5.05. The van der Waals surface area contributed by atoms with Crippen molar-refractivity contribution >= 4 is 11.3 Å². The highest BCUT2D eigenvalue weighted by molar-refractivity contribution is 7.08. The minimum atomic E-state index is -0.0295. The third-order valence-corrected chi connectivity index (χ3v) is 4.10. The van der Waals surface area contributed by atoms with E-state index in [9.17, 15) is 0 Å². The molecule has 0 amide bonds. The lowest BCUT2D eigenvalue weighted by atomic mass is 9.71. The Balaban J connectivity index is 2.27. The summed E-state index contributed by atoms with van der Waals surface area (Å²) < 4.78 is 0. The highest BCUT2D eigenvalue weighted by atomic mass is 32.1. The van der Waals surface area contributed by atoms with Gasteiger partial charge >= 0.3 is 0 Å². The standard InChI is InChI=1S/C11H17NS/c1-9-4-2-3-6-11(9,12)10-5-7-13-8-10/h5,7-9H,2-4,6,12H2,1H3/t9-,11+/m0/s1. The van der Waals surface area contributed by atoms with Gasteiger partial charge in [0.2, 0.25) is 0 Å². The van der Waals surface area contributed by atoms with Crippen LogP contribution < -0.4 is 5.73 Å². The van der Waals surface area contributed by atoms with E-state index in [1.807, 2.05) is 0 Å². The van der Waals surface area contributed by atoms with Crippen LogP contribution in [0.1, 0.15) is 38.2 Å². The van der Waals surface area contributed by atoms with Crippen LogP contribution >= 0.6 is 11.3 Å². The summed E-state index contributed by atoms with van der Waals surface area (Å²) in [4.78, 5) is 0. The first-order valence-corrected chi connectivity index (χ1v) is 5.99. The first kappa shape index (κ1) is 9.22. The Morgan fingerprint density at radius 2 is 2.38 bits per heavy atom. The number of thiophene rings is 1. The predicted octanol–water partition coefficient (Wildman–Crippen LogP) is 3.11. The maximum absolute atomic E-state index is 6.48. The Hall–Kier alpha value is -0.340. The second-order valence-corrected chi connectivity index (χ2v) is 4.98. The third-order valence-electron chi connectivity index (χ3n) is 3.42. The summed E-state index contributed by atoms with van der Waals surface area (Å²) >= 11 is 1.75. The molecule has 0 spiro atoms. The Morgan fingerprint density at radius 1 is 1.54 bits per heavy atom. The molecule has 0 aliphatic heterocycles. The zero-order valence-corrected chi connectivity index (χ0v) is 8.94. The van der Waals surface area contributed by atoms with E-state index in [4.69, 9.17) is 5.73 Å². The lowest BCUT2D eigenvalue weighted by molar-refractivity contribution is 0.207. The maximum atomic E-state index is 6.48. The van der Waals surface area contributed by atoms with Crippen molar-refractivity contribution in [3.05, 3.63) is 22.4 Å². The van der Waals surface area contributed by atoms with Crippen molar-refractivity contribution < 1.29 is 0 Å². The summed E-state index contributed by atoms with van der Waals surface area (Å²) in [6, 6.07) is 2.19. The van der Waals surface area contributed by atoms with Crippen LogP contribution in [0.3, 0.4) is 0 Å². The quantitative estimate of drug-likeness (QED) is 0.732. The van der Waals surface area contributed by atoms with E-state index >= 15 is 0 Å². The molecule has 2 atom stereocenters. The van der Waals surface area contributed by atoms with Gasteiger partial charge < -0.3 is 5.73 Å². The molecule has 0 aromatic carbocycles. The SMILES string of the molecule is C[C@H]1CCCC[C@]1(N)c1ccsc1. The van der Waals surface area contributed by atoms with Crippen LogP contribution in [-0.4, -0.2) is 0 Å². The van der Waals surface area contributed by atoms with Crippen molar-refractivity contribution in [1.29, 1.82) is 0 Å². The summed E-state index contributed by atoms with van der Waals surface area (Å²) in [5.41, 5.74) is 7.80. The van der Waals surface area contributed by atoms with Gasteiger partial charge in [-0.2, -0.15) is 11.3 Å². The molecule has 0 bridgehead atoms. The average Bonchev–Trinajstić information content (AvgIpc) is 2.63. The normalized spacial score (nSPS) is 34.8. The molecule has 1 aromatic rings. The number of nitrogens with two attached hydrogens (primary N) is 1. The fourth-order valence-electron chi connectivity index (χ4n) is 2.33. The van der Waals surface area contributed by atoms with Crippen LogP contribution in [-0.2, 0) is 5.54 Å². The molecule has 1 heterocycles. The Morgan fingerprint density at radius 3 is 3.00 bits per heavy atom. The molecule has 0 unspecified atom stereocenters. The Labute approximate surface area is 84.0 Å². The second-order valence-electron chi connectivity index (χ2n) is 4.20. The number of hydrogen-bond donors (Lipinski definition) is 1. The topological polar surface area (TPSA) is 26.0 Å². The average molecular weight is 195 g/mol. The number of rotatable bonds is 1. The largest absolute Gasteiger partial charge is 0.321 e. The van der Waals surface area contributed by atoms with E-state index < -0.39 is 0 Å². The molecule has 2 N–H and O–H groups in total. The van der Waals surface area contributed by atoms with Gasteiger partial charge in [-0.25, -0.2) is 0 Å². The molecule has 1 nitrogen and oxygen atoms in total. The first-order chi connectivity index (χ1) is 6.23. The van der Waals surface area contributed by atoms with Crippen LogP contribution in [0.2, 0.25) is 0 Å². The van der Waals surface area contributed by atoms with Gasteiger partial charge in [-0.05, 0) is 41.1 Å². The van der Waals surface area contributed by atoms with Gasteiger partial charge in [0.15, 0.2) is 0 Å². The van der Waals surface area contributed by atoms with Crippen LogP contribution in [0, 0.1) is 5.92 Å². The molecule has 13 heavy (non-hydrogen) atoms. The molecule has 1 fully saturated rings. The fourth-order valence-corrected chi connectivity index (χ4v) is 3.08. The van der Waals surface area contributed by atoms with Crippen molar-refractivity contribution in [1.82, 2.24) is 0 Å². The molecule has 0 radical (unpaired) electrons. The number of hydrogen-bond acceptors (Lipinski definition) is 2. The Bertz CT molecular complexity index is 268. The summed E-state index contributed by atoms with van der Waals surface area (Å²) in [6.07, 6.45) is 5.08. The minimum Gasteiger partial charge on any atom is -0.321 e. The van der Waals surface area contributed by atoms with E-state index in [1.165, 1.54) is 24.8 Å². The molecule has 1 aliphatic carbocycles. The smallest absolute Gasteiger partial charge is 0.0443 e. The van der Waals surface area contributed by atoms with Crippen molar-refractivity contribution in [2.45, 2.75) is 38.1 Å². The molecule has 0 saturated heterocycles. The maximum Gasteiger partial charge on any atom is 0.0443 e. The van der Waals surface area contributed by atoms with Gasteiger partial charge in [0.1, 0.15) is 0 Å². The van der Waals surface area contributed by atoms with Gasteiger partial charge in [0, 0.05) is 5.54 Å². The summed E-state index contributed by atoms with van der Waals surface area (Å²) in [7, 11) is 0. The highest BCUT2D eigenvalue weighted by Crippen LogP contribution is 2.39. The summed E-state index contributed by atoms with van der Waals surface area (Å²) in [6.45, 7) is 2.29. The van der Waals surface area contributed by atoms with E-state index in [2.05, 4.69) is 23.8 Å². The molecule has 1 saturated carbocycles. The molecular weight excluding hydrogens is 178 g/mol. The third kappa shape index (κ3) is 1.53. The van der Waals surface area contributed by atoms with Gasteiger partial charge in [-0.3, -0.25) is 0 Å². The second kappa shape index (κ2) is 3.43. The molecule has 72 valence electrons. The fraction of sp³-hybridized carbons (Fsp3) is 0.636. The van der Waals surface area contributed by atoms with Crippen LogP contribution in [0.15, 0.2) is 16.8 Å².